The third-order valence-electron chi connectivity index (χ3n) is 2.84. The molecular formula is C14H16N2O3. The largest absolute Gasteiger partial charge is 0.492 e. The molecule has 1 heterocycles. The zero-order chi connectivity index (χ0) is 13.8. The summed E-state index contributed by atoms with van der Waals surface area (Å²) in [6.45, 7) is 2.27. The fraction of sp³-hybridized carbons (Fsp3) is 0.286. The zero-order valence-corrected chi connectivity index (χ0v) is 11.0. The summed E-state index contributed by atoms with van der Waals surface area (Å²) in [4.78, 5) is 11.1. The topological polar surface area (TPSA) is 64.3 Å². The lowest BCUT2D eigenvalue weighted by Gasteiger charge is -2.11. The Labute approximate surface area is 111 Å². The van der Waals surface area contributed by atoms with Gasteiger partial charge in [-0.05, 0) is 24.1 Å². The molecule has 1 aromatic carbocycles. The Kier molecular flexibility index (Phi) is 3.85. The number of carboxylic acid groups (broad SMARTS) is 1. The number of benzene rings is 1. The van der Waals surface area contributed by atoms with Gasteiger partial charge in [0.15, 0.2) is 0 Å². The molecule has 5 nitrogen and oxygen atoms in total. The van der Waals surface area contributed by atoms with Gasteiger partial charge in [0.2, 0.25) is 0 Å². The van der Waals surface area contributed by atoms with E-state index in [1.165, 1.54) is 0 Å². The Morgan fingerprint density at radius 2 is 2.26 bits per heavy atom. The van der Waals surface area contributed by atoms with Crippen molar-refractivity contribution in [3.63, 3.8) is 0 Å². The van der Waals surface area contributed by atoms with Crippen molar-refractivity contribution in [2.75, 3.05) is 6.61 Å². The minimum Gasteiger partial charge on any atom is -0.492 e. The Bertz CT molecular complexity index is 590. The van der Waals surface area contributed by atoms with Gasteiger partial charge in [-0.2, -0.15) is 5.10 Å². The predicted molar refractivity (Wildman–Crippen MR) is 70.5 cm³/mol. The minimum atomic E-state index is -0.972. The maximum Gasteiger partial charge on any atom is 0.339 e. The average molecular weight is 260 g/mol. The number of carbonyl (C=O) groups is 1. The first-order chi connectivity index (χ1) is 9.08. The van der Waals surface area contributed by atoms with Crippen LogP contribution in [0.15, 0.2) is 30.6 Å². The first-order valence-corrected chi connectivity index (χ1v) is 6.01. The lowest BCUT2D eigenvalue weighted by atomic mass is 10.1. The number of carboxylic acids is 1. The molecule has 0 bridgehead atoms. The van der Waals surface area contributed by atoms with Crippen LogP contribution in [-0.4, -0.2) is 27.5 Å². The number of ether oxygens (including phenoxy) is 1. The summed E-state index contributed by atoms with van der Waals surface area (Å²) in [5.41, 5.74) is 2.09. The van der Waals surface area contributed by atoms with Crippen LogP contribution in [0.25, 0.3) is 0 Å². The molecule has 0 fully saturated rings. The summed E-state index contributed by atoms with van der Waals surface area (Å²) in [5.74, 6) is -0.529. The molecule has 19 heavy (non-hydrogen) atoms. The van der Waals surface area contributed by atoms with Gasteiger partial charge in [0.25, 0.3) is 0 Å². The van der Waals surface area contributed by atoms with Crippen molar-refractivity contribution >= 4 is 5.97 Å². The Balaban J connectivity index is 2.05. The van der Waals surface area contributed by atoms with E-state index in [1.54, 1.807) is 23.0 Å². The van der Waals surface area contributed by atoms with Crippen LogP contribution in [0.5, 0.6) is 5.75 Å². The van der Waals surface area contributed by atoms with Gasteiger partial charge < -0.3 is 9.84 Å². The summed E-state index contributed by atoms with van der Waals surface area (Å²) in [6.07, 6.45) is 4.39. The molecule has 0 saturated carbocycles. The lowest BCUT2D eigenvalue weighted by Crippen LogP contribution is -2.07. The minimum absolute atomic E-state index is 0.200. The number of aryl methyl sites for hydroxylation is 2. The zero-order valence-electron chi connectivity index (χ0n) is 11.0. The van der Waals surface area contributed by atoms with Crippen molar-refractivity contribution in [2.45, 2.75) is 13.3 Å². The lowest BCUT2D eigenvalue weighted by molar-refractivity contribution is 0.0692. The smallest absolute Gasteiger partial charge is 0.339 e. The number of rotatable bonds is 5. The van der Waals surface area contributed by atoms with Crippen molar-refractivity contribution in [3.05, 3.63) is 47.3 Å². The van der Waals surface area contributed by atoms with E-state index >= 15 is 0 Å². The van der Waals surface area contributed by atoms with Crippen molar-refractivity contribution in [2.24, 2.45) is 7.05 Å². The first kappa shape index (κ1) is 13.1. The van der Waals surface area contributed by atoms with Crippen molar-refractivity contribution < 1.29 is 14.6 Å². The second-order valence-corrected chi connectivity index (χ2v) is 4.38. The molecule has 0 aliphatic rings. The van der Waals surface area contributed by atoms with Crippen molar-refractivity contribution in [1.29, 1.82) is 0 Å². The maximum atomic E-state index is 11.1. The van der Waals surface area contributed by atoms with Gasteiger partial charge in [-0.15, -0.1) is 0 Å². The molecule has 0 unspecified atom stereocenters. The van der Waals surface area contributed by atoms with Crippen LogP contribution in [0.1, 0.15) is 21.5 Å². The standard InChI is InChI=1S/C14H16N2O3/c1-10-4-3-5-12(14(17)18)13(10)19-7-6-11-8-15-16(2)9-11/h3-5,8-9H,6-7H2,1-2H3,(H,17,18). The van der Waals surface area contributed by atoms with Crippen molar-refractivity contribution in [3.8, 4) is 5.75 Å². The van der Waals surface area contributed by atoms with E-state index in [0.717, 1.165) is 11.1 Å². The van der Waals surface area contributed by atoms with Gasteiger partial charge in [-0.3, -0.25) is 4.68 Å². The molecule has 0 aliphatic carbocycles. The second kappa shape index (κ2) is 5.56. The van der Waals surface area contributed by atoms with Gasteiger partial charge in [0, 0.05) is 19.7 Å². The van der Waals surface area contributed by atoms with Gasteiger partial charge in [-0.25, -0.2) is 4.79 Å². The Morgan fingerprint density at radius 3 is 2.89 bits per heavy atom. The molecular weight excluding hydrogens is 244 g/mol. The molecule has 1 N–H and O–H groups in total. The van der Waals surface area contributed by atoms with E-state index in [-0.39, 0.29) is 5.56 Å². The van der Waals surface area contributed by atoms with Crippen LogP contribution in [0, 0.1) is 6.92 Å². The van der Waals surface area contributed by atoms with E-state index in [2.05, 4.69) is 5.10 Å². The van der Waals surface area contributed by atoms with E-state index in [9.17, 15) is 4.79 Å². The molecule has 0 spiro atoms. The highest BCUT2D eigenvalue weighted by atomic mass is 16.5. The molecule has 2 rings (SSSR count). The summed E-state index contributed by atoms with van der Waals surface area (Å²) in [5, 5.41) is 13.2. The number of hydrogen-bond acceptors (Lipinski definition) is 3. The maximum absolute atomic E-state index is 11.1. The number of nitrogens with zero attached hydrogens (tertiary/aromatic N) is 2. The third-order valence-corrected chi connectivity index (χ3v) is 2.84. The van der Waals surface area contributed by atoms with E-state index in [4.69, 9.17) is 9.84 Å². The normalized spacial score (nSPS) is 10.4. The number of aromatic carboxylic acids is 1. The third kappa shape index (κ3) is 3.13. The summed E-state index contributed by atoms with van der Waals surface area (Å²) in [7, 11) is 1.86. The van der Waals surface area contributed by atoms with Crippen LogP contribution in [-0.2, 0) is 13.5 Å². The quantitative estimate of drug-likeness (QED) is 0.893. The van der Waals surface area contributed by atoms with Gasteiger partial charge >= 0.3 is 5.97 Å². The predicted octanol–water partition coefficient (Wildman–Crippen LogP) is 2.05. The fourth-order valence-electron chi connectivity index (χ4n) is 1.88. The highest BCUT2D eigenvalue weighted by Gasteiger charge is 2.13. The summed E-state index contributed by atoms with van der Waals surface area (Å²) in [6, 6.07) is 5.10. The second-order valence-electron chi connectivity index (χ2n) is 4.38. The monoisotopic (exact) mass is 260 g/mol. The van der Waals surface area contributed by atoms with Gasteiger partial charge in [0.05, 0.1) is 12.8 Å². The average Bonchev–Trinajstić information content (AvgIpc) is 2.77. The SMILES string of the molecule is Cc1cccc(C(=O)O)c1OCCc1cnn(C)c1. The van der Waals surface area contributed by atoms with Crippen LogP contribution in [0.2, 0.25) is 0 Å². The molecule has 2 aromatic rings. The van der Waals surface area contributed by atoms with Crippen LogP contribution < -0.4 is 4.74 Å². The molecule has 0 atom stereocenters. The van der Waals surface area contributed by atoms with Crippen molar-refractivity contribution in [1.82, 2.24) is 9.78 Å². The molecule has 1 aromatic heterocycles. The number of hydrogen-bond donors (Lipinski definition) is 1. The molecule has 100 valence electrons. The van der Waals surface area contributed by atoms with Gasteiger partial charge in [0.1, 0.15) is 11.3 Å². The molecule has 0 radical (unpaired) electrons. The highest BCUT2D eigenvalue weighted by Crippen LogP contribution is 2.23. The van der Waals surface area contributed by atoms with E-state index in [0.29, 0.717) is 18.8 Å². The van der Waals surface area contributed by atoms with Gasteiger partial charge in [-0.1, -0.05) is 12.1 Å². The van der Waals surface area contributed by atoms with Crippen LogP contribution in [0.4, 0.5) is 0 Å². The molecule has 0 aliphatic heterocycles. The van der Waals surface area contributed by atoms with Crippen LogP contribution in [0.3, 0.4) is 0 Å². The summed E-state index contributed by atoms with van der Waals surface area (Å²) < 4.78 is 7.35. The van der Waals surface area contributed by atoms with Crippen LogP contribution >= 0.6 is 0 Å². The molecule has 5 heteroatoms. The molecule has 0 saturated heterocycles. The first-order valence-electron chi connectivity index (χ1n) is 6.01. The highest BCUT2D eigenvalue weighted by molar-refractivity contribution is 5.91. The number of aromatic nitrogens is 2. The molecule has 0 amide bonds. The Morgan fingerprint density at radius 1 is 1.47 bits per heavy atom. The Hall–Kier alpha value is -2.30. The van der Waals surface area contributed by atoms with E-state index < -0.39 is 5.97 Å². The van der Waals surface area contributed by atoms with E-state index in [1.807, 2.05) is 26.2 Å². The number of para-hydroxylation sites is 1. The summed E-state index contributed by atoms with van der Waals surface area (Å²) >= 11 is 0. The fourth-order valence-corrected chi connectivity index (χ4v) is 1.88.